The summed E-state index contributed by atoms with van der Waals surface area (Å²) < 4.78 is 1.06. The number of rotatable bonds is 1. The van der Waals surface area contributed by atoms with Crippen LogP contribution in [0, 0.1) is 0 Å². The molecule has 1 heterocycles. The number of nitrogens with zero attached hydrogens (tertiary/aromatic N) is 2. The van der Waals surface area contributed by atoms with Crippen LogP contribution in [0.3, 0.4) is 0 Å². The maximum absolute atomic E-state index is 6.31. The molecule has 26 heavy (non-hydrogen) atoms. The zero-order valence-electron chi connectivity index (χ0n) is 15.4. The summed E-state index contributed by atoms with van der Waals surface area (Å²) in [6, 6.07) is 6.12. The Bertz CT molecular complexity index is 836. The first-order valence-corrected chi connectivity index (χ1v) is 10.1. The van der Waals surface area contributed by atoms with Gasteiger partial charge in [-0.25, -0.2) is 0 Å². The van der Waals surface area contributed by atoms with E-state index in [1.165, 1.54) is 16.7 Å². The fourth-order valence-electron chi connectivity index (χ4n) is 3.46. The second-order valence-corrected chi connectivity index (χ2v) is 8.08. The predicted octanol–water partition coefficient (Wildman–Crippen LogP) is 6.49. The van der Waals surface area contributed by atoms with Gasteiger partial charge >= 0.3 is 0 Å². The lowest BCUT2D eigenvalue weighted by atomic mass is 9.83. The largest absolute Gasteiger partial charge is 0.306 e. The predicted molar refractivity (Wildman–Crippen MR) is 118 cm³/mol. The van der Waals surface area contributed by atoms with Gasteiger partial charge in [0.25, 0.3) is 0 Å². The maximum Gasteiger partial charge on any atom is 0.0736 e. The van der Waals surface area contributed by atoms with E-state index in [1.54, 1.807) is 0 Å². The van der Waals surface area contributed by atoms with E-state index >= 15 is 0 Å². The van der Waals surface area contributed by atoms with Gasteiger partial charge in [0.15, 0.2) is 0 Å². The van der Waals surface area contributed by atoms with Gasteiger partial charge in [0.05, 0.1) is 5.71 Å². The molecule has 3 rings (SSSR count). The standard InChI is InChI=1S/C22H24BrClN2/c1-4-11-25-22-15(2)5-8-20(23)19-14-17(24)6-7-18(19)21(22)16-9-12-26(3)13-10-16/h4,6-8,11,14H,2,5,9-10,12-13H2,1,3H3/b11-4-,20-8+,25-22?. The first-order valence-electron chi connectivity index (χ1n) is 8.95. The van der Waals surface area contributed by atoms with Crippen LogP contribution in [0.25, 0.3) is 10.1 Å². The van der Waals surface area contributed by atoms with Gasteiger partial charge in [-0.3, -0.25) is 4.99 Å². The lowest BCUT2D eigenvalue weighted by Crippen LogP contribution is -2.27. The van der Waals surface area contributed by atoms with Crippen molar-refractivity contribution >= 4 is 43.3 Å². The molecule has 1 saturated heterocycles. The Labute approximate surface area is 169 Å². The molecule has 0 atom stereocenters. The van der Waals surface area contributed by atoms with Crippen molar-refractivity contribution in [1.82, 2.24) is 4.90 Å². The summed E-state index contributed by atoms with van der Waals surface area (Å²) in [6.45, 7) is 8.47. The maximum atomic E-state index is 6.31. The normalized spacial score (nSPS) is 23.0. The molecular formula is C22H24BrClN2. The summed E-state index contributed by atoms with van der Waals surface area (Å²) in [7, 11) is 2.18. The lowest BCUT2D eigenvalue weighted by Gasteiger charge is -2.29. The van der Waals surface area contributed by atoms with Crippen LogP contribution < -0.4 is 0 Å². The number of allylic oxidation sites excluding steroid dienone is 4. The highest BCUT2D eigenvalue weighted by molar-refractivity contribution is 9.15. The van der Waals surface area contributed by atoms with Gasteiger partial charge in [0.2, 0.25) is 0 Å². The van der Waals surface area contributed by atoms with Crippen LogP contribution in [-0.4, -0.2) is 30.7 Å². The number of benzene rings is 1. The molecule has 0 radical (unpaired) electrons. The number of halogens is 2. The van der Waals surface area contributed by atoms with Crippen LogP contribution in [0.4, 0.5) is 0 Å². The van der Waals surface area contributed by atoms with Crippen LogP contribution in [0.15, 0.2) is 59.3 Å². The molecule has 2 aliphatic rings. The van der Waals surface area contributed by atoms with Gasteiger partial charge in [0, 0.05) is 34.4 Å². The molecule has 2 nitrogen and oxygen atoms in total. The average Bonchev–Trinajstić information content (AvgIpc) is 2.63. The average molecular weight is 432 g/mol. The smallest absolute Gasteiger partial charge is 0.0736 e. The number of likely N-dealkylation sites (tertiary alicyclic amines) is 1. The molecule has 1 aliphatic heterocycles. The van der Waals surface area contributed by atoms with Crippen LogP contribution >= 0.6 is 27.5 Å². The molecule has 0 amide bonds. The van der Waals surface area contributed by atoms with E-state index in [2.05, 4.69) is 46.6 Å². The van der Waals surface area contributed by atoms with Gasteiger partial charge in [-0.1, -0.05) is 57.9 Å². The highest BCUT2D eigenvalue weighted by Crippen LogP contribution is 2.39. The number of piperidine rings is 1. The molecule has 1 aliphatic carbocycles. The molecular weight excluding hydrogens is 408 g/mol. The number of fused-ring (bicyclic) bond motifs is 1. The minimum Gasteiger partial charge on any atom is -0.306 e. The minimum absolute atomic E-state index is 0.744. The minimum atomic E-state index is 0.744. The third-order valence-corrected chi connectivity index (χ3v) is 5.89. The molecule has 0 saturated carbocycles. The Morgan fingerprint density at radius 1 is 1.23 bits per heavy atom. The third kappa shape index (κ3) is 4.11. The summed E-state index contributed by atoms with van der Waals surface area (Å²) in [6.07, 6.45) is 8.85. The van der Waals surface area contributed by atoms with Crippen molar-refractivity contribution in [1.29, 1.82) is 0 Å². The van der Waals surface area contributed by atoms with Gasteiger partial charge < -0.3 is 4.90 Å². The Balaban J connectivity index is 2.29. The topological polar surface area (TPSA) is 15.6 Å². The molecule has 0 N–H and O–H groups in total. The first kappa shape index (κ1) is 19.3. The Hall–Kier alpha value is -1.42. The van der Waals surface area contributed by atoms with Gasteiger partial charge in [-0.05, 0) is 62.1 Å². The van der Waals surface area contributed by atoms with E-state index in [0.29, 0.717) is 0 Å². The number of hydrogen-bond acceptors (Lipinski definition) is 2. The summed E-state index contributed by atoms with van der Waals surface area (Å²) >= 11 is 10.1. The summed E-state index contributed by atoms with van der Waals surface area (Å²) in [5.41, 5.74) is 7.04. The van der Waals surface area contributed by atoms with E-state index in [4.69, 9.17) is 16.6 Å². The monoisotopic (exact) mass is 430 g/mol. The summed E-state index contributed by atoms with van der Waals surface area (Å²) in [5, 5.41) is 0.744. The summed E-state index contributed by atoms with van der Waals surface area (Å²) in [5.74, 6) is 0. The highest BCUT2D eigenvalue weighted by Gasteiger charge is 2.25. The molecule has 136 valence electrons. The van der Waals surface area contributed by atoms with Crippen molar-refractivity contribution in [2.24, 2.45) is 4.99 Å². The van der Waals surface area contributed by atoms with Crippen LogP contribution in [-0.2, 0) is 0 Å². The second kappa shape index (κ2) is 8.51. The first-order chi connectivity index (χ1) is 12.5. The van der Waals surface area contributed by atoms with E-state index in [9.17, 15) is 0 Å². The van der Waals surface area contributed by atoms with Crippen LogP contribution in [0.2, 0.25) is 5.02 Å². The molecule has 4 heteroatoms. The lowest BCUT2D eigenvalue weighted by molar-refractivity contribution is 0.313. The third-order valence-electron chi connectivity index (χ3n) is 4.90. The van der Waals surface area contributed by atoms with Gasteiger partial charge in [-0.2, -0.15) is 0 Å². The molecule has 0 bridgehead atoms. The number of hydrogen-bond donors (Lipinski definition) is 0. The fourth-order valence-corrected chi connectivity index (χ4v) is 4.12. The molecule has 0 unspecified atom stereocenters. The van der Waals surface area contributed by atoms with Crippen molar-refractivity contribution in [3.63, 3.8) is 0 Å². The zero-order chi connectivity index (χ0) is 18.7. The van der Waals surface area contributed by atoms with Crippen molar-refractivity contribution < 1.29 is 0 Å². The van der Waals surface area contributed by atoms with Crippen LogP contribution in [0.1, 0.15) is 37.3 Å². The van der Waals surface area contributed by atoms with Crippen molar-refractivity contribution in [3.05, 3.63) is 70.4 Å². The molecule has 1 fully saturated rings. The van der Waals surface area contributed by atoms with E-state index in [0.717, 1.165) is 58.7 Å². The highest BCUT2D eigenvalue weighted by atomic mass is 79.9. The quantitative estimate of drug-likeness (QED) is 0.496. The van der Waals surface area contributed by atoms with E-state index < -0.39 is 0 Å². The Morgan fingerprint density at radius 3 is 2.65 bits per heavy atom. The zero-order valence-corrected chi connectivity index (χ0v) is 17.7. The van der Waals surface area contributed by atoms with E-state index in [-0.39, 0.29) is 0 Å². The van der Waals surface area contributed by atoms with Crippen molar-refractivity contribution in [2.75, 3.05) is 20.1 Å². The summed E-state index contributed by atoms with van der Waals surface area (Å²) in [4.78, 5) is 7.17. The Morgan fingerprint density at radius 2 is 1.96 bits per heavy atom. The molecule has 1 aromatic rings. The number of aliphatic imine (C=N–C) groups is 1. The van der Waals surface area contributed by atoms with E-state index in [1.807, 2.05) is 31.3 Å². The van der Waals surface area contributed by atoms with Crippen molar-refractivity contribution in [3.8, 4) is 0 Å². The molecule has 0 aromatic heterocycles. The molecule has 1 aromatic carbocycles. The molecule has 0 spiro atoms. The van der Waals surface area contributed by atoms with Gasteiger partial charge in [0.1, 0.15) is 0 Å². The SMILES string of the molecule is C=C1C/C=C(/Br)c2cc(Cl)ccc2C(=C2CCN(C)CC2)C1=N/C=C\C. The fraction of sp³-hybridized carbons (Fsp3) is 0.318. The van der Waals surface area contributed by atoms with Gasteiger partial charge in [-0.15, -0.1) is 0 Å². The second-order valence-electron chi connectivity index (χ2n) is 6.79. The van der Waals surface area contributed by atoms with Crippen molar-refractivity contribution in [2.45, 2.75) is 26.2 Å². The Kier molecular flexibility index (Phi) is 6.33. The van der Waals surface area contributed by atoms with Crippen LogP contribution in [0.5, 0.6) is 0 Å².